The molecule has 0 fully saturated rings. The minimum atomic E-state index is 0.0154. The summed E-state index contributed by atoms with van der Waals surface area (Å²) in [4.78, 5) is 0. The van der Waals surface area contributed by atoms with Gasteiger partial charge in [0.1, 0.15) is 12.7 Å². The first kappa shape index (κ1) is 11.3. The summed E-state index contributed by atoms with van der Waals surface area (Å²) < 4.78 is 13.1. The van der Waals surface area contributed by atoms with E-state index in [1.807, 2.05) is 31.3 Å². The molecule has 1 aliphatic heterocycles. The fraction of sp³-hybridized carbons (Fsp3) is 0.364. The van der Waals surface area contributed by atoms with E-state index in [0.717, 1.165) is 22.4 Å². The maximum atomic E-state index is 5.85. The minimum absolute atomic E-state index is 0.0154. The Balaban J connectivity index is 1.61. The Labute approximate surface area is 108 Å². The van der Waals surface area contributed by atoms with Crippen LogP contribution in [0, 0.1) is 0 Å². The third-order valence-corrected chi connectivity index (χ3v) is 3.69. The molecule has 0 N–H and O–H groups in total. The summed E-state index contributed by atoms with van der Waals surface area (Å²) >= 11 is 1.56. The van der Waals surface area contributed by atoms with Crippen LogP contribution in [0.3, 0.4) is 0 Å². The van der Waals surface area contributed by atoms with Crippen LogP contribution < -0.4 is 9.47 Å². The van der Waals surface area contributed by atoms with Gasteiger partial charge in [-0.25, -0.2) is 4.68 Å². The highest BCUT2D eigenvalue weighted by Gasteiger charge is 2.21. The molecule has 7 heteroatoms. The summed E-state index contributed by atoms with van der Waals surface area (Å²) in [5, 5.41) is 12.1. The standard InChI is InChI=1S/C11H12N4O2S/c1-15-11(12-13-14-15)18-7-8-6-16-9-4-2-3-5-10(9)17-8/h2-5,8H,6-7H2,1H3/t8-/m0/s1. The van der Waals surface area contributed by atoms with Crippen molar-refractivity contribution in [3.63, 3.8) is 0 Å². The second-order valence-corrected chi connectivity index (χ2v) is 4.88. The second-order valence-electron chi connectivity index (χ2n) is 3.89. The summed E-state index contributed by atoms with van der Waals surface area (Å²) in [5.41, 5.74) is 0. The predicted octanol–water partition coefficient (Wildman–Crippen LogP) is 1.14. The maximum Gasteiger partial charge on any atom is 0.209 e. The normalized spacial score (nSPS) is 17.7. The van der Waals surface area contributed by atoms with Crippen LogP contribution in [0.4, 0.5) is 0 Å². The highest BCUT2D eigenvalue weighted by molar-refractivity contribution is 7.99. The molecule has 2 heterocycles. The van der Waals surface area contributed by atoms with Crippen LogP contribution in [0.15, 0.2) is 29.4 Å². The zero-order valence-electron chi connectivity index (χ0n) is 9.81. The molecule has 0 radical (unpaired) electrons. The van der Waals surface area contributed by atoms with Crippen molar-refractivity contribution in [2.45, 2.75) is 11.3 Å². The van der Waals surface area contributed by atoms with Crippen LogP contribution in [0.1, 0.15) is 0 Å². The highest BCUT2D eigenvalue weighted by Crippen LogP contribution is 2.32. The molecule has 0 saturated heterocycles. The molecular formula is C11H12N4O2S. The van der Waals surface area contributed by atoms with Gasteiger partial charge in [-0.05, 0) is 22.6 Å². The van der Waals surface area contributed by atoms with Crippen molar-refractivity contribution in [1.82, 2.24) is 20.2 Å². The molecule has 1 aromatic carbocycles. The number of hydrogen-bond acceptors (Lipinski definition) is 6. The summed E-state index contributed by atoms with van der Waals surface area (Å²) in [6, 6.07) is 7.69. The largest absolute Gasteiger partial charge is 0.486 e. The molecular weight excluding hydrogens is 252 g/mol. The van der Waals surface area contributed by atoms with Gasteiger partial charge in [0.05, 0.1) is 0 Å². The van der Waals surface area contributed by atoms with E-state index in [2.05, 4.69) is 15.5 Å². The predicted molar refractivity (Wildman–Crippen MR) is 65.9 cm³/mol. The minimum Gasteiger partial charge on any atom is -0.486 e. The van der Waals surface area contributed by atoms with Crippen molar-refractivity contribution in [2.24, 2.45) is 7.05 Å². The van der Waals surface area contributed by atoms with Crippen LogP contribution >= 0.6 is 11.8 Å². The van der Waals surface area contributed by atoms with Crippen molar-refractivity contribution in [3.05, 3.63) is 24.3 Å². The number of benzene rings is 1. The van der Waals surface area contributed by atoms with Gasteiger partial charge >= 0.3 is 0 Å². The van der Waals surface area contributed by atoms with E-state index in [-0.39, 0.29) is 6.10 Å². The number of rotatable bonds is 3. The van der Waals surface area contributed by atoms with E-state index in [1.165, 1.54) is 0 Å². The fourth-order valence-electron chi connectivity index (χ4n) is 1.66. The Hall–Kier alpha value is -1.76. The van der Waals surface area contributed by atoms with E-state index in [9.17, 15) is 0 Å². The number of aromatic nitrogens is 4. The van der Waals surface area contributed by atoms with E-state index < -0.39 is 0 Å². The lowest BCUT2D eigenvalue weighted by Gasteiger charge is -2.25. The molecule has 0 bridgehead atoms. The topological polar surface area (TPSA) is 62.1 Å². The molecule has 0 spiro atoms. The lowest BCUT2D eigenvalue weighted by Crippen LogP contribution is -2.31. The SMILES string of the molecule is Cn1nnnc1SC[C@@H]1COc2ccccc2O1. The Morgan fingerprint density at radius 2 is 2.22 bits per heavy atom. The van der Waals surface area contributed by atoms with Gasteiger partial charge in [-0.2, -0.15) is 0 Å². The summed E-state index contributed by atoms with van der Waals surface area (Å²) in [7, 11) is 1.82. The number of ether oxygens (including phenoxy) is 2. The number of para-hydroxylation sites is 2. The molecule has 6 nitrogen and oxygen atoms in total. The van der Waals surface area contributed by atoms with E-state index in [1.54, 1.807) is 16.4 Å². The number of thioether (sulfide) groups is 1. The lowest BCUT2D eigenvalue weighted by atomic mass is 10.3. The fourth-order valence-corrected chi connectivity index (χ4v) is 2.47. The van der Waals surface area contributed by atoms with Crippen LogP contribution in [0.25, 0.3) is 0 Å². The van der Waals surface area contributed by atoms with E-state index in [4.69, 9.17) is 9.47 Å². The average Bonchev–Trinajstić information content (AvgIpc) is 2.82. The number of tetrazole rings is 1. The van der Waals surface area contributed by atoms with Gasteiger partial charge in [0.25, 0.3) is 0 Å². The van der Waals surface area contributed by atoms with Gasteiger partial charge in [-0.15, -0.1) is 5.10 Å². The lowest BCUT2D eigenvalue weighted by molar-refractivity contribution is 0.107. The smallest absolute Gasteiger partial charge is 0.209 e. The Morgan fingerprint density at radius 3 is 3.00 bits per heavy atom. The third-order valence-electron chi connectivity index (χ3n) is 2.55. The number of nitrogens with zero attached hydrogens (tertiary/aromatic N) is 4. The van der Waals surface area contributed by atoms with Gasteiger partial charge in [-0.1, -0.05) is 23.9 Å². The molecule has 18 heavy (non-hydrogen) atoms. The molecule has 1 atom stereocenters. The van der Waals surface area contributed by atoms with Gasteiger partial charge < -0.3 is 9.47 Å². The zero-order chi connectivity index (χ0) is 12.4. The quantitative estimate of drug-likeness (QED) is 0.775. The van der Waals surface area contributed by atoms with Gasteiger partial charge in [0.15, 0.2) is 11.5 Å². The van der Waals surface area contributed by atoms with Crippen molar-refractivity contribution in [1.29, 1.82) is 0 Å². The third kappa shape index (κ3) is 2.26. The molecule has 0 aliphatic carbocycles. The van der Waals surface area contributed by atoms with Crippen molar-refractivity contribution in [2.75, 3.05) is 12.4 Å². The summed E-state index contributed by atoms with van der Waals surface area (Å²) in [6.07, 6.45) is 0.0154. The van der Waals surface area contributed by atoms with Crippen molar-refractivity contribution < 1.29 is 9.47 Å². The summed E-state index contributed by atoms with van der Waals surface area (Å²) in [5.74, 6) is 2.35. The molecule has 0 saturated carbocycles. The van der Waals surface area contributed by atoms with Gasteiger partial charge in [0, 0.05) is 12.8 Å². The number of aryl methyl sites for hydroxylation is 1. The summed E-state index contributed by atoms with van der Waals surface area (Å²) in [6.45, 7) is 0.551. The number of hydrogen-bond donors (Lipinski definition) is 0. The molecule has 94 valence electrons. The van der Waals surface area contributed by atoms with Gasteiger partial charge in [-0.3, -0.25) is 0 Å². The van der Waals surface area contributed by atoms with Gasteiger partial charge in [0.2, 0.25) is 5.16 Å². The Morgan fingerprint density at radius 1 is 1.39 bits per heavy atom. The number of fused-ring (bicyclic) bond motifs is 1. The average molecular weight is 264 g/mol. The molecule has 1 aliphatic rings. The van der Waals surface area contributed by atoms with E-state index in [0.29, 0.717) is 6.61 Å². The molecule has 1 aromatic heterocycles. The van der Waals surface area contributed by atoms with Crippen LogP contribution in [-0.4, -0.2) is 38.7 Å². The molecule has 3 rings (SSSR count). The van der Waals surface area contributed by atoms with Crippen LogP contribution in [-0.2, 0) is 7.05 Å². The van der Waals surface area contributed by atoms with Crippen LogP contribution in [0.5, 0.6) is 11.5 Å². The van der Waals surface area contributed by atoms with Crippen molar-refractivity contribution >= 4 is 11.8 Å². The first-order valence-corrected chi connectivity index (χ1v) is 6.55. The van der Waals surface area contributed by atoms with Crippen LogP contribution in [0.2, 0.25) is 0 Å². The van der Waals surface area contributed by atoms with E-state index >= 15 is 0 Å². The van der Waals surface area contributed by atoms with Crippen molar-refractivity contribution in [3.8, 4) is 11.5 Å². The first-order valence-electron chi connectivity index (χ1n) is 5.56. The molecule has 0 amide bonds. The Kier molecular flexibility index (Phi) is 3.06. The maximum absolute atomic E-state index is 5.85. The molecule has 2 aromatic rings. The second kappa shape index (κ2) is 4.85. The highest BCUT2D eigenvalue weighted by atomic mass is 32.2. The Bertz CT molecular complexity index is 545. The zero-order valence-corrected chi connectivity index (χ0v) is 10.6. The monoisotopic (exact) mass is 264 g/mol. The molecule has 0 unspecified atom stereocenters. The first-order chi connectivity index (χ1) is 8.83.